The predicted molar refractivity (Wildman–Crippen MR) is 117 cm³/mol. The smallest absolute Gasteiger partial charge is 0.341 e. The normalized spacial score (nSPS) is 15.4. The molecule has 1 saturated heterocycles. The van der Waals surface area contributed by atoms with E-state index >= 15 is 0 Å². The van der Waals surface area contributed by atoms with Gasteiger partial charge >= 0.3 is 12.0 Å². The van der Waals surface area contributed by atoms with E-state index in [1.165, 1.54) is 6.08 Å². The van der Waals surface area contributed by atoms with Gasteiger partial charge in [-0.05, 0) is 83.5 Å². The van der Waals surface area contributed by atoms with Gasteiger partial charge in [0.25, 0.3) is 11.8 Å². The van der Waals surface area contributed by atoms with Gasteiger partial charge in [0.15, 0.2) is 6.61 Å². The van der Waals surface area contributed by atoms with E-state index in [1.54, 1.807) is 36.4 Å². The van der Waals surface area contributed by atoms with Crippen molar-refractivity contribution in [1.82, 2.24) is 5.32 Å². The van der Waals surface area contributed by atoms with E-state index in [4.69, 9.17) is 9.84 Å². The Morgan fingerprint density at radius 2 is 1.87 bits per heavy atom. The maximum absolute atomic E-state index is 13.0. The number of urea groups is 1. The van der Waals surface area contributed by atoms with Gasteiger partial charge < -0.3 is 9.84 Å². The van der Waals surface area contributed by atoms with Crippen molar-refractivity contribution in [2.75, 3.05) is 11.5 Å². The van der Waals surface area contributed by atoms with Crippen LogP contribution in [0.5, 0.6) is 5.75 Å². The molecule has 1 aliphatic heterocycles. The molecule has 0 radical (unpaired) electrons. The molecular weight excluding hydrogens is 503 g/mol. The zero-order valence-corrected chi connectivity index (χ0v) is 18.2. The first kappa shape index (κ1) is 21.5. The van der Waals surface area contributed by atoms with E-state index in [0.29, 0.717) is 20.6 Å². The summed E-state index contributed by atoms with van der Waals surface area (Å²) < 4.78 is 5.77. The second-order valence-electron chi connectivity index (χ2n) is 6.60. The number of anilines is 1. The lowest BCUT2D eigenvalue weighted by molar-refractivity contribution is -0.139. The predicted octanol–water partition coefficient (Wildman–Crippen LogP) is 3.04. The topological polar surface area (TPSA) is 113 Å². The van der Waals surface area contributed by atoms with Gasteiger partial charge in [-0.1, -0.05) is 12.1 Å². The summed E-state index contributed by atoms with van der Waals surface area (Å²) in [6.07, 6.45) is 1.38. The van der Waals surface area contributed by atoms with Crippen molar-refractivity contribution in [3.05, 3.63) is 62.2 Å². The van der Waals surface area contributed by atoms with Crippen molar-refractivity contribution in [1.29, 1.82) is 0 Å². The number of benzene rings is 2. The number of imide groups is 2. The van der Waals surface area contributed by atoms with E-state index in [1.807, 2.05) is 36.4 Å². The average Bonchev–Trinajstić information content (AvgIpc) is 2.67. The third kappa shape index (κ3) is 4.51. The van der Waals surface area contributed by atoms with Crippen molar-refractivity contribution in [2.45, 2.75) is 13.8 Å². The number of rotatable bonds is 5. The Hall–Kier alpha value is -3.21. The van der Waals surface area contributed by atoms with Gasteiger partial charge in [-0.15, -0.1) is 0 Å². The number of ether oxygens (including phenoxy) is 1. The number of nitrogens with one attached hydrogen (secondary N) is 1. The quantitative estimate of drug-likeness (QED) is 0.356. The summed E-state index contributed by atoms with van der Waals surface area (Å²) in [5.41, 5.74) is 2.61. The van der Waals surface area contributed by atoms with Crippen LogP contribution in [0.3, 0.4) is 0 Å². The van der Waals surface area contributed by atoms with Gasteiger partial charge in [-0.2, -0.15) is 0 Å². The molecule has 1 heterocycles. The number of halogens is 1. The molecule has 0 bridgehead atoms. The zero-order chi connectivity index (χ0) is 22.0. The van der Waals surface area contributed by atoms with Crippen molar-refractivity contribution in [2.24, 2.45) is 0 Å². The van der Waals surface area contributed by atoms with Gasteiger partial charge in [0.1, 0.15) is 11.3 Å². The van der Waals surface area contributed by atoms with Crippen LogP contribution in [0.1, 0.15) is 16.7 Å². The molecular formula is C21H17IN2O6. The Kier molecular flexibility index (Phi) is 6.20. The summed E-state index contributed by atoms with van der Waals surface area (Å²) in [6, 6.07) is 9.11. The standard InChI is InChI=1S/C21H17IN2O6/c1-11-3-5-14(7-12(11)2)24-20(28)15(19(27)23-21(24)29)8-13-4-6-17(16(22)9-13)30-10-18(25)26/h3-9H,10H2,1-2H3,(H,25,26)(H,23,27,29)/b15-8+. The molecule has 2 aromatic rings. The molecule has 0 saturated carbocycles. The monoisotopic (exact) mass is 520 g/mol. The van der Waals surface area contributed by atoms with Gasteiger partial charge in [0.2, 0.25) is 0 Å². The number of amides is 4. The van der Waals surface area contributed by atoms with Crippen molar-refractivity contribution in [3.8, 4) is 5.75 Å². The van der Waals surface area contributed by atoms with Crippen LogP contribution in [0.25, 0.3) is 6.08 Å². The SMILES string of the molecule is Cc1ccc(N2C(=O)NC(=O)/C(=C\c3ccc(OCC(=O)O)c(I)c3)C2=O)cc1C. The average molecular weight is 520 g/mol. The number of hydrogen-bond acceptors (Lipinski definition) is 5. The Balaban J connectivity index is 1.93. The molecule has 0 spiro atoms. The molecule has 154 valence electrons. The van der Waals surface area contributed by atoms with Crippen LogP contribution in [-0.4, -0.2) is 35.5 Å². The van der Waals surface area contributed by atoms with Gasteiger partial charge in [-0.25, -0.2) is 14.5 Å². The third-order valence-electron chi connectivity index (χ3n) is 4.47. The minimum atomic E-state index is -1.10. The lowest BCUT2D eigenvalue weighted by Crippen LogP contribution is -2.54. The van der Waals surface area contributed by atoms with Crippen LogP contribution in [0.4, 0.5) is 10.5 Å². The molecule has 0 atom stereocenters. The molecule has 2 N–H and O–H groups in total. The number of aliphatic carboxylic acids is 1. The Labute approximate surface area is 185 Å². The summed E-state index contributed by atoms with van der Waals surface area (Å²) in [5.74, 6) is -2.25. The minimum absolute atomic E-state index is 0.192. The molecule has 4 amide bonds. The maximum Gasteiger partial charge on any atom is 0.341 e. The van der Waals surface area contributed by atoms with Crippen molar-refractivity contribution in [3.63, 3.8) is 0 Å². The number of barbiturate groups is 1. The molecule has 0 aromatic heterocycles. The fourth-order valence-electron chi connectivity index (χ4n) is 2.79. The van der Waals surface area contributed by atoms with Crippen LogP contribution < -0.4 is 15.0 Å². The largest absolute Gasteiger partial charge is 0.481 e. The molecule has 8 nitrogen and oxygen atoms in total. The molecule has 1 aliphatic rings. The number of carboxylic acid groups (broad SMARTS) is 1. The molecule has 3 rings (SSSR count). The number of hydrogen-bond donors (Lipinski definition) is 2. The zero-order valence-electron chi connectivity index (χ0n) is 16.1. The van der Waals surface area contributed by atoms with E-state index in [9.17, 15) is 19.2 Å². The number of carbonyl (C=O) groups is 4. The Morgan fingerprint density at radius 1 is 1.13 bits per heavy atom. The fourth-order valence-corrected chi connectivity index (χ4v) is 3.48. The highest BCUT2D eigenvalue weighted by Gasteiger charge is 2.36. The fraction of sp³-hybridized carbons (Fsp3) is 0.143. The van der Waals surface area contributed by atoms with Crippen molar-refractivity contribution >= 4 is 58.2 Å². The lowest BCUT2D eigenvalue weighted by atomic mass is 10.1. The molecule has 1 fully saturated rings. The van der Waals surface area contributed by atoms with Crippen LogP contribution >= 0.6 is 22.6 Å². The second kappa shape index (κ2) is 8.66. The van der Waals surface area contributed by atoms with Crippen LogP contribution in [0.15, 0.2) is 42.0 Å². The van der Waals surface area contributed by atoms with Crippen LogP contribution in [0, 0.1) is 17.4 Å². The van der Waals surface area contributed by atoms with Crippen LogP contribution in [0.2, 0.25) is 0 Å². The van der Waals surface area contributed by atoms with Crippen LogP contribution in [-0.2, 0) is 14.4 Å². The molecule has 0 aliphatic carbocycles. The number of nitrogens with zero attached hydrogens (tertiary/aromatic N) is 1. The lowest BCUT2D eigenvalue weighted by Gasteiger charge is -2.26. The first-order chi connectivity index (χ1) is 14.2. The summed E-state index contributed by atoms with van der Waals surface area (Å²) in [5, 5.41) is 10.9. The number of aryl methyl sites for hydroxylation is 2. The van der Waals surface area contributed by atoms with E-state index in [0.717, 1.165) is 16.0 Å². The maximum atomic E-state index is 13.0. The van der Waals surface area contributed by atoms with E-state index in [-0.39, 0.29) is 5.57 Å². The number of carbonyl (C=O) groups excluding carboxylic acids is 3. The van der Waals surface area contributed by atoms with Crippen molar-refractivity contribution < 1.29 is 29.0 Å². The third-order valence-corrected chi connectivity index (χ3v) is 5.31. The minimum Gasteiger partial charge on any atom is -0.481 e. The van der Waals surface area contributed by atoms with Gasteiger partial charge in [0.05, 0.1) is 9.26 Å². The van der Waals surface area contributed by atoms with Gasteiger partial charge in [-0.3, -0.25) is 14.9 Å². The molecule has 30 heavy (non-hydrogen) atoms. The second-order valence-corrected chi connectivity index (χ2v) is 7.76. The van der Waals surface area contributed by atoms with E-state index < -0.39 is 30.4 Å². The molecule has 9 heteroatoms. The summed E-state index contributed by atoms with van der Waals surface area (Å²) in [7, 11) is 0. The number of carboxylic acids is 1. The summed E-state index contributed by atoms with van der Waals surface area (Å²) >= 11 is 1.96. The first-order valence-electron chi connectivity index (χ1n) is 8.80. The highest BCUT2D eigenvalue weighted by atomic mass is 127. The molecule has 0 unspecified atom stereocenters. The highest BCUT2D eigenvalue weighted by molar-refractivity contribution is 14.1. The molecule has 2 aromatic carbocycles. The summed E-state index contributed by atoms with van der Waals surface area (Å²) in [4.78, 5) is 49.2. The Bertz CT molecular complexity index is 1110. The summed E-state index contributed by atoms with van der Waals surface area (Å²) in [6.45, 7) is 3.30. The van der Waals surface area contributed by atoms with Gasteiger partial charge in [0, 0.05) is 0 Å². The Morgan fingerprint density at radius 3 is 2.50 bits per heavy atom. The highest BCUT2D eigenvalue weighted by Crippen LogP contribution is 2.26. The first-order valence-corrected chi connectivity index (χ1v) is 9.88. The van der Waals surface area contributed by atoms with E-state index in [2.05, 4.69) is 5.32 Å².